The molecule has 0 saturated carbocycles. The van der Waals surface area contributed by atoms with Crippen LogP contribution in [0.1, 0.15) is 34.6 Å². The summed E-state index contributed by atoms with van der Waals surface area (Å²) in [6.45, 7) is 15.3. The van der Waals surface area contributed by atoms with Crippen LogP contribution in [0.25, 0.3) is 0 Å². The van der Waals surface area contributed by atoms with Crippen LogP contribution in [0.3, 0.4) is 0 Å². The van der Waals surface area contributed by atoms with Crippen LogP contribution >= 0.6 is 0 Å². The quantitative estimate of drug-likeness (QED) is 0.369. The molecule has 0 amide bonds. The standard InChI is InChI=1S/C22H36O7Si/c1-21(2,3)30(7,8)27-11-13-9-10-14-17(16(13)19(23)25-6)20(24)28-18(14)15-12-26-22(4,5)29-15/h9-10,13-18H,11-12H2,1-8H3/t13-,14-,15-,16-,17+,18+/m1/s1. The van der Waals surface area contributed by atoms with Crippen LogP contribution in [-0.4, -0.2) is 58.6 Å². The minimum Gasteiger partial charge on any atom is -0.469 e. The fourth-order valence-corrected chi connectivity index (χ4v) is 5.31. The van der Waals surface area contributed by atoms with Gasteiger partial charge in [-0.1, -0.05) is 32.9 Å². The molecule has 0 bridgehead atoms. The van der Waals surface area contributed by atoms with Crippen molar-refractivity contribution in [2.75, 3.05) is 20.3 Å². The number of methoxy groups -OCH3 is 1. The Morgan fingerprint density at radius 2 is 1.93 bits per heavy atom. The van der Waals surface area contributed by atoms with Crippen molar-refractivity contribution in [3.8, 4) is 0 Å². The average molecular weight is 441 g/mol. The van der Waals surface area contributed by atoms with Gasteiger partial charge in [-0.2, -0.15) is 0 Å². The van der Waals surface area contributed by atoms with Gasteiger partial charge in [-0.25, -0.2) is 0 Å². The molecule has 2 aliphatic heterocycles. The summed E-state index contributed by atoms with van der Waals surface area (Å²) in [5, 5.41) is 0.0542. The summed E-state index contributed by atoms with van der Waals surface area (Å²) in [5.41, 5.74) is 0. The molecule has 6 atom stereocenters. The van der Waals surface area contributed by atoms with Gasteiger partial charge in [0.05, 0.1) is 25.6 Å². The molecule has 3 aliphatic rings. The smallest absolute Gasteiger partial charge is 0.310 e. The molecule has 0 aromatic heterocycles. The van der Waals surface area contributed by atoms with Crippen LogP contribution in [0.4, 0.5) is 0 Å². The van der Waals surface area contributed by atoms with Crippen molar-refractivity contribution < 1.29 is 33.0 Å². The van der Waals surface area contributed by atoms with Gasteiger partial charge in [-0.15, -0.1) is 0 Å². The number of carbonyl (C=O) groups excluding carboxylic acids is 2. The van der Waals surface area contributed by atoms with Gasteiger partial charge < -0.3 is 23.4 Å². The van der Waals surface area contributed by atoms with E-state index in [1.165, 1.54) is 7.11 Å². The number of hydrogen-bond donors (Lipinski definition) is 0. The first kappa shape index (κ1) is 23.4. The summed E-state index contributed by atoms with van der Waals surface area (Å²) in [5.74, 6) is -3.23. The van der Waals surface area contributed by atoms with Crippen molar-refractivity contribution in [3.63, 3.8) is 0 Å². The number of fused-ring (bicyclic) bond motifs is 1. The second-order valence-electron chi connectivity index (χ2n) is 10.5. The number of cyclic esters (lactones) is 1. The van der Waals surface area contributed by atoms with Crippen LogP contribution in [0.15, 0.2) is 12.2 Å². The lowest BCUT2D eigenvalue weighted by Crippen LogP contribution is -2.46. The maximum atomic E-state index is 12.9. The van der Waals surface area contributed by atoms with Gasteiger partial charge in [0.1, 0.15) is 12.2 Å². The van der Waals surface area contributed by atoms with Crippen LogP contribution in [0.5, 0.6) is 0 Å². The van der Waals surface area contributed by atoms with E-state index in [-0.39, 0.29) is 28.9 Å². The highest BCUT2D eigenvalue weighted by atomic mass is 28.4. The molecule has 0 aromatic carbocycles. The fraction of sp³-hybridized carbons (Fsp3) is 0.818. The molecule has 7 nitrogen and oxygen atoms in total. The van der Waals surface area contributed by atoms with Gasteiger partial charge >= 0.3 is 11.9 Å². The highest BCUT2D eigenvalue weighted by molar-refractivity contribution is 6.74. The van der Waals surface area contributed by atoms with Crippen molar-refractivity contribution in [1.29, 1.82) is 0 Å². The topological polar surface area (TPSA) is 80.3 Å². The van der Waals surface area contributed by atoms with Crippen LogP contribution in [0, 0.1) is 23.7 Å². The Morgan fingerprint density at radius 1 is 1.27 bits per heavy atom. The lowest BCUT2D eigenvalue weighted by molar-refractivity contribution is -0.164. The first-order chi connectivity index (χ1) is 13.8. The lowest BCUT2D eigenvalue weighted by Gasteiger charge is -2.39. The Kier molecular flexibility index (Phi) is 6.28. The number of hydrogen-bond acceptors (Lipinski definition) is 7. The third kappa shape index (κ3) is 4.37. The molecule has 8 heteroatoms. The van der Waals surface area contributed by atoms with E-state index in [9.17, 15) is 9.59 Å². The van der Waals surface area contributed by atoms with Crippen LogP contribution in [0.2, 0.25) is 18.1 Å². The zero-order valence-corrected chi connectivity index (χ0v) is 20.4. The molecule has 0 N–H and O–H groups in total. The zero-order valence-electron chi connectivity index (χ0n) is 19.4. The van der Waals surface area contributed by atoms with Gasteiger partial charge in [0.25, 0.3) is 0 Å². The first-order valence-corrected chi connectivity index (χ1v) is 13.6. The van der Waals surface area contributed by atoms with Gasteiger partial charge in [0.15, 0.2) is 14.1 Å². The number of esters is 2. The summed E-state index contributed by atoms with van der Waals surface area (Å²) in [4.78, 5) is 25.6. The van der Waals surface area contributed by atoms with E-state index in [4.69, 9.17) is 23.4 Å². The minimum absolute atomic E-state index is 0.0542. The SMILES string of the molecule is COC(=O)[C@H]1[C@H]2C(=O)O[C@H]([C@H]3COC(C)(C)O3)[C@@H]2C=C[C@@H]1CO[Si](C)(C)C(C)(C)C. The van der Waals surface area contributed by atoms with Crippen molar-refractivity contribution in [2.24, 2.45) is 23.7 Å². The van der Waals surface area contributed by atoms with E-state index >= 15 is 0 Å². The minimum atomic E-state index is -2.00. The largest absolute Gasteiger partial charge is 0.469 e. The molecule has 0 aromatic rings. The van der Waals surface area contributed by atoms with E-state index < -0.39 is 38.0 Å². The Morgan fingerprint density at radius 3 is 2.47 bits per heavy atom. The Hall–Kier alpha value is -1.22. The summed E-state index contributed by atoms with van der Waals surface area (Å²) in [6, 6.07) is 0. The Labute approximate surface area is 180 Å². The molecule has 0 spiro atoms. The monoisotopic (exact) mass is 440 g/mol. The van der Waals surface area contributed by atoms with Crippen molar-refractivity contribution in [1.82, 2.24) is 0 Å². The van der Waals surface area contributed by atoms with Crippen molar-refractivity contribution >= 4 is 20.3 Å². The number of rotatable bonds is 5. The number of ether oxygens (including phenoxy) is 4. The van der Waals surface area contributed by atoms with Crippen molar-refractivity contribution in [3.05, 3.63) is 12.2 Å². The normalized spacial score (nSPS) is 35.8. The molecular formula is C22H36O7Si. The lowest BCUT2D eigenvalue weighted by atomic mass is 9.69. The van der Waals surface area contributed by atoms with Gasteiger partial charge in [-0.3, -0.25) is 9.59 Å². The highest BCUT2D eigenvalue weighted by Crippen LogP contribution is 2.46. The Balaban J connectivity index is 1.83. The van der Waals surface area contributed by atoms with Gasteiger partial charge in [0, 0.05) is 18.4 Å². The zero-order chi connectivity index (χ0) is 22.5. The first-order valence-electron chi connectivity index (χ1n) is 10.7. The predicted molar refractivity (Wildman–Crippen MR) is 113 cm³/mol. The second kappa shape index (κ2) is 8.04. The third-order valence-electron chi connectivity index (χ3n) is 7.06. The summed E-state index contributed by atoms with van der Waals surface area (Å²) in [6.07, 6.45) is 3.15. The molecule has 2 heterocycles. The second-order valence-corrected chi connectivity index (χ2v) is 15.4. The molecule has 2 saturated heterocycles. The molecule has 0 unspecified atom stereocenters. The van der Waals surface area contributed by atoms with E-state index in [2.05, 4.69) is 33.9 Å². The summed E-state index contributed by atoms with van der Waals surface area (Å²) >= 11 is 0. The maximum Gasteiger partial charge on any atom is 0.310 e. The molecular weight excluding hydrogens is 404 g/mol. The molecule has 3 rings (SSSR count). The Bertz CT molecular complexity index is 709. The molecule has 30 heavy (non-hydrogen) atoms. The van der Waals surface area contributed by atoms with E-state index in [1.54, 1.807) is 0 Å². The van der Waals surface area contributed by atoms with E-state index in [0.29, 0.717) is 13.2 Å². The van der Waals surface area contributed by atoms with Crippen molar-refractivity contribution in [2.45, 2.75) is 70.7 Å². The molecule has 1 aliphatic carbocycles. The predicted octanol–water partition coefficient (Wildman–Crippen LogP) is 3.29. The van der Waals surface area contributed by atoms with Crippen LogP contribution < -0.4 is 0 Å². The summed E-state index contributed by atoms with van der Waals surface area (Å²) in [7, 11) is -0.647. The molecule has 170 valence electrons. The third-order valence-corrected chi connectivity index (χ3v) is 11.6. The highest BCUT2D eigenvalue weighted by Gasteiger charge is 2.57. The average Bonchev–Trinajstić information content (AvgIpc) is 3.17. The molecule has 0 radical (unpaired) electrons. The van der Waals surface area contributed by atoms with E-state index in [1.807, 2.05) is 26.0 Å². The van der Waals surface area contributed by atoms with Gasteiger partial charge in [0.2, 0.25) is 0 Å². The van der Waals surface area contributed by atoms with E-state index in [0.717, 1.165) is 0 Å². The maximum absolute atomic E-state index is 12.9. The fourth-order valence-electron chi connectivity index (χ4n) is 4.26. The van der Waals surface area contributed by atoms with Crippen LogP contribution in [-0.2, 0) is 33.0 Å². The summed E-state index contributed by atoms with van der Waals surface area (Å²) < 4.78 is 28.8. The molecule has 2 fully saturated rings. The number of carbonyl (C=O) groups is 2. The van der Waals surface area contributed by atoms with Gasteiger partial charge in [-0.05, 0) is 32.0 Å².